The molecular weight excluding hydrogens is 302 g/mol. The Balaban J connectivity index is 1.85. The molecule has 1 aromatic carbocycles. The molecule has 1 aliphatic carbocycles. The van der Waals surface area contributed by atoms with Crippen molar-refractivity contribution >= 4 is 23.4 Å². The van der Waals surface area contributed by atoms with E-state index in [1.54, 1.807) is 11.8 Å². The zero-order valence-electron chi connectivity index (χ0n) is 12.2. The summed E-state index contributed by atoms with van der Waals surface area (Å²) in [5.41, 5.74) is 3.17. The van der Waals surface area contributed by atoms with Crippen LogP contribution < -0.4 is 5.32 Å². The smallest absolute Gasteiger partial charge is 0.192 e. The van der Waals surface area contributed by atoms with Gasteiger partial charge in [-0.05, 0) is 56.1 Å². The summed E-state index contributed by atoms with van der Waals surface area (Å²) in [6.45, 7) is 4.82. The van der Waals surface area contributed by atoms with Gasteiger partial charge in [0.25, 0.3) is 0 Å². The second kappa shape index (κ2) is 6.34. The molecule has 2 aromatic rings. The van der Waals surface area contributed by atoms with E-state index in [9.17, 15) is 0 Å². The zero-order valence-corrected chi connectivity index (χ0v) is 13.8. The van der Waals surface area contributed by atoms with E-state index < -0.39 is 0 Å². The van der Waals surface area contributed by atoms with Gasteiger partial charge >= 0.3 is 0 Å². The summed E-state index contributed by atoms with van der Waals surface area (Å²) in [5, 5.41) is 5.06. The topological polar surface area (TPSA) is 37.8 Å². The van der Waals surface area contributed by atoms with Gasteiger partial charge in [-0.25, -0.2) is 9.97 Å². The molecule has 110 valence electrons. The number of nitrogens with zero attached hydrogens (tertiary/aromatic N) is 2. The van der Waals surface area contributed by atoms with Crippen LogP contribution in [0.3, 0.4) is 0 Å². The van der Waals surface area contributed by atoms with Gasteiger partial charge in [0.1, 0.15) is 0 Å². The van der Waals surface area contributed by atoms with Gasteiger partial charge in [0.05, 0.1) is 5.02 Å². The van der Waals surface area contributed by atoms with E-state index in [4.69, 9.17) is 11.6 Å². The van der Waals surface area contributed by atoms with Crippen molar-refractivity contribution < 1.29 is 0 Å². The van der Waals surface area contributed by atoms with Gasteiger partial charge in [0.2, 0.25) is 0 Å². The van der Waals surface area contributed by atoms with E-state index in [0.717, 1.165) is 33.0 Å². The van der Waals surface area contributed by atoms with Crippen LogP contribution in [0.15, 0.2) is 34.3 Å². The molecule has 21 heavy (non-hydrogen) atoms. The molecule has 1 fully saturated rings. The molecule has 0 aliphatic heterocycles. The first-order valence-electron chi connectivity index (χ1n) is 7.13. The third-order valence-electron chi connectivity index (χ3n) is 3.36. The average Bonchev–Trinajstić information content (AvgIpc) is 3.22. The normalized spacial score (nSPS) is 14.4. The van der Waals surface area contributed by atoms with Crippen LogP contribution >= 0.6 is 23.4 Å². The molecular formula is C16H18ClN3S. The molecule has 0 bridgehead atoms. The summed E-state index contributed by atoms with van der Waals surface area (Å²) in [5.74, 6) is 0. The Bertz CT molecular complexity index is 636. The molecule has 0 amide bonds. The summed E-state index contributed by atoms with van der Waals surface area (Å²) in [7, 11) is 0. The fraction of sp³-hybridized carbons (Fsp3) is 0.375. The van der Waals surface area contributed by atoms with E-state index in [2.05, 4.69) is 21.4 Å². The minimum absolute atomic E-state index is 0.680. The summed E-state index contributed by atoms with van der Waals surface area (Å²) in [4.78, 5) is 10.0. The lowest BCUT2D eigenvalue weighted by atomic mass is 10.2. The van der Waals surface area contributed by atoms with Crippen LogP contribution in [0.5, 0.6) is 0 Å². The van der Waals surface area contributed by atoms with Crippen LogP contribution in [0, 0.1) is 13.8 Å². The molecule has 3 rings (SSSR count). The quantitative estimate of drug-likeness (QED) is 0.840. The highest BCUT2D eigenvalue weighted by atomic mass is 35.5. The van der Waals surface area contributed by atoms with Crippen LogP contribution in [-0.4, -0.2) is 16.0 Å². The van der Waals surface area contributed by atoms with Crippen molar-refractivity contribution in [2.24, 2.45) is 0 Å². The monoisotopic (exact) mass is 319 g/mol. The molecule has 1 saturated carbocycles. The number of halogens is 1. The fourth-order valence-corrected chi connectivity index (χ4v) is 3.49. The second-order valence-corrected chi connectivity index (χ2v) is 6.80. The van der Waals surface area contributed by atoms with E-state index in [0.29, 0.717) is 6.04 Å². The van der Waals surface area contributed by atoms with E-state index in [1.165, 1.54) is 18.4 Å². The Kier molecular flexibility index (Phi) is 4.48. The van der Waals surface area contributed by atoms with Crippen molar-refractivity contribution in [3.05, 3.63) is 46.2 Å². The summed E-state index contributed by atoms with van der Waals surface area (Å²) in [6.07, 6.45) is 2.56. The highest BCUT2D eigenvalue weighted by molar-refractivity contribution is 7.99. The van der Waals surface area contributed by atoms with Crippen molar-refractivity contribution in [1.82, 2.24) is 15.3 Å². The molecule has 0 saturated heterocycles. The summed E-state index contributed by atoms with van der Waals surface area (Å²) < 4.78 is 0. The van der Waals surface area contributed by atoms with Crippen LogP contribution in [0.25, 0.3) is 0 Å². The Morgan fingerprint density at radius 1 is 1.24 bits per heavy atom. The largest absolute Gasteiger partial charge is 0.310 e. The molecule has 3 nitrogen and oxygen atoms in total. The standard InChI is InChI=1S/C16H18ClN3S/c1-10-8-11(2)20-16(19-10)21-15-12(4-3-5-14(15)17)9-18-13-6-7-13/h3-5,8,13,18H,6-7,9H2,1-2H3. The highest BCUT2D eigenvalue weighted by Crippen LogP contribution is 2.35. The molecule has 1 N–H and O–H groups in total. The molecule has 0 unspecified atom stereocenters. The van der Waals surface area contributed by atoms with Gasteiger partial charge < -0.3 is 5.32 Å². The third-order valence-corrected chi connectivity index (χ3v) is 4.84. The Morgan fingerprint density at radius 3 is 2.62 bits per heavy atom. The van der Waals surface area contributed by atoms with Crippen molar-refractivity contribution in [1.29, 1.82) is 0 Å². The lowest BCUT2D eigenvalue weighted by Gasteiger charge is -2.11. The lowest BCUT2D eigenvalue weighted by Crippen LogP contribution is -2.15. The second-order valence-electron chi connectivity index (χ2n) is 5.42. The predicted octanol–water partition coefficient (Wildman–Crippen LogP) is 4.15. The van der Waals surface area contributed by atoms with E-state index >= 15 is 0 Å². The maximum Gasteiger partial charge on any atom is 0.192 e. The van der Waals surface area contributed by atoms with Crippen molar-refractivity contribution in [3.63, 3.8) is 0 Å². The zero-order chi connectivity index (χ0) is 14.8. The van der Waals surface area contributed by atoms with Crippen LogP contribution in [0.1, 0.15) is 29.8 Å². The first-order chi connectivity index (χ1) is 10.1. The van der Waals surface area contributed by atoms with Gasteiger partial charge in [-0.1, -0.05) is 23.7 Å². The van der Waals surface area contributed by atoms with Gasteiger partial charge in [-0.15, -0.1) is 0 Å². The van der Waals surface area contributed by atoms with Gasteiger partial charge in [-0.3, -0.25) is 0 Å². The minimum Gasteiger partial charge on any atom is -0.310 e. The minimum atomic E-state index is 0.680. The van der Waals surface area contributed by atoms with Gasteiger partial charge in [0.15, 0.2) is 5.16 Å². The maximum absolute atomic E-state index is 6.39. The third kappa shape index (κ3) is 3.96. The maximum atomic E-state index is 6.39. The van der Waals surface area contributed by atoms with Crippen LogP contribution in [-0.2, 0) is 6.54 Å². The van der Waals surface area contributed by atoms with Gasteiger partial charge in [-0.2, -0.15) is 0 Å². The summed E-state index contributed by atoms with van der Waals surface area (Å²) in [6, 6.07) is 8.70. The van der Waals surface area contributed by atoms with Crippen LogP contribution in [0.2, 0.25) is 5.02 Å². The van der Waals surface area contributed by atoms with Gasteiger partial charge in [0, 0.05) is 28.9 Å². The molecule has 1 heterocycles. The fourth-order valence-electron chi connectivity index (χ4n) is 2.18. The van der Waals surface area contributed by atoms with Crippen molar-refractivity contribution in [3.8, 4) is 0 Å². The predicted molar refractivity (Wildman–Crippen MR) is 86.9 cm³/mol. The SMILES string of the molecule is Cc1cc(C)nc(Sc2c(Cl)cccc2CNC2CC2)n1. The molecule has 5 heteroatoms. The summed E-state index contributed by atoms with van der Waals surface area (Å²) >= 11 is 7.93. The van der Waals surface area contributed by atoms with Crippen molar-refractivity contribution in [2.45, 2.75) is 49.3 Å². The number of hydrogen-bond acceptors (Lipinski definition) is 4. The Hall–Kier alpha value is -1.10. The lowest BCUT2D eigenvalue weighted by molar-refractivity contribution is 0.680. The Labute approximate surface area is 134 Å². The molecule has 0 radical (unpaired) electrons. The highest BCUT2D eigenvalue weighted by Gasteiger charge is 2.21. The number of nitrogens with one attached hydrogen (secondary N) is 1. The van der Waals surface area contributed by atoms with Crippen molar-refractivity contribution in [2.75, 3.05) is 0 Å². The molecule has 0 spiro atoms. The Morgan fingerprint density at radius 2 is 1.95 bits per heavy atom. The average molecular weight is 320 g/mol. The number of aromatic nitrogens is 2. The van der Waals surface area contributed by atoms with E-state index in [1.807, 2.05) is 32.0 Å². The molecule has 0 atom stereocenters. The first kappa shape index (κ1) is 14.8. The molecule has 1 aliphatic rings. The van der Waals surface area contributed by atoms with E-state index in [-0.39, 0.29) is 0 Å². The number of benzene rings is 1. The first-order valence-corrected chi connectivity index (χ1v) is 8.32. The number of rotatable bonds is 5. The van der Waals surface area contributed by atoms with Crippen LogP contribution in [0.4, 0.5) is 0 Å². The molecule has 1 aromatic heterocycles. The number of hydrogen-bond donors (Lipinski definition) is 1. The number of aryl methyl sites for hydroxylation is 2.